The van der Waals surface area contributed by atoms with Crippen LogP contribution in [0.15, 0.2) is 18.2 Å². The molecule has 0 saturated heterocycles. The van der Waals surface area contributed by atoms with Gasteiger partial charge in [0.15, 0.2) is 0 Å². The molecule has 3 N–H and O–H groups in total. The summed E-state index contributed by atoms with van der Waals surface area (Å²) in [4.78, 5) is 20.8. The molecule has 1 aromatic carbocycles. The van der Waals surface area contributed by atoms with E-state index in [-0.39, 0.29) is 18.9 Å². The quantitative estimate of drug-likeness (QED) is 0.403. The second kappa shape index (κ2) is 7.17. The Labute approximate surface area is 109 Å². The van der Waals surface area contributed by atoms with Crippen molar-refractivity contribution in [3.63, 3.8) is 0 Å². The molecule has 8 heteroatoms. The first kappa shape index (κ1) is 14.7. The predicted molar refractivity (Wildman–Crippen MR) is 68.2 cm³/mol. The Balaban J connectivity index is 2.57. The monoisotopic (exact) mass is 269 g/mol. The summed E-state index contributed by atoms with van der Waals surface area (Å²) < 4.78 is 9.85. The molecule has 8 nitrogen and oxygen atoms in total. The lowest BCUT2D eigenvalue weighted by atomic mass is 10.2. The number of nitro groups is 1. The molecule has 0 bridgehead atoms. The van der Waals surface area contributed by atoms with E-state index < -0.39 is 10.8 Å². The number of primary amides is 1. The maximum absolute atomic E-state index is 10.9. The minimum absolute atomic E-state index is 0.0887. The maximum Gasteiger partial charge on any atom is 0.296 e. The van der Waals surface area contributed by atoms with Crippen molar-refractivity contribution >= 4 is 17.3 Å². The van der Waals surface area contributed by atoms with Crippen LogP contribution in [0.3, 0.4) is 0 Å². The Hall–Kier alpha value is -2.35. The molecule has 1 amide bonds. The van der Waals surface area contributed by atoms with E-state index in [9.17, 15) is 14.9 Å². The average Bonchev–Trinajstić information content (AvgIpc) is 2.38. The van der Waals surface area contributed by atoms with Gasteiger partial charge in [-0.25, -0.2) is 0 Å². The molecule has 104 valence electrons. The van der Waals surface area contributed by atoms with Crippen molar-refractivity contribution in [3.8, 4) is 5.75 Å². The number of benzene rings is 1. The Morgan fingerprint density at radius 2 is 2.26 bits per heavy atom. The summed E-state index contributed by atoms with van der Waals surface area (Å²) in [5.74, 6) is -0.155. The molecule has 0 unspecified atom stereocenters. The van der Waals surface area contributed by atoms with Gasteiger partial charge in [0.1, 0.15) is 18.0 Å². The van der Waals surface area contributed by atoms with Crippen molar-refractivity contribution in [1.82, 2.24) is 0 Å². The van der Waals surface area contributed by atoms with Crippen LogP contribution in [-0.4, -0.2) is 37.7 Å². The first-order chi connectivity index (χ1) is 9.04. The molecule has 0 saturated carbocycles. The third kappa shape index (κ3) is 4.80. The molecule has 0 aliphatic heterocycles. The molecular weight excluding hydrogens is 254 g/mol. The Kier molecular flexibility index (Phi) is 5.55. The van der Waals surface area contributed by atoms with Crippen molar-refractivity contribution in [1.29, 1.82) is 0 Å². The fourth-order valence-electron chi connectivity index (χ4n) is 1.37. The van der Waals surface area contributed by atoms with Crippen molar-refractivity contribution in [2.24, 2.45) is 5.73 Å². The highest BCUT2D eigenvalue weighted by Gasteiger charge is 2.14. The van der Waals surface area contributed by atoms with Gasteiger partial charge in [0.2, 0.25) is 5.91 Å². The van der Waals surface area contributed by atoms with Gasteiger partial charge < -0.3 is 20.5 Å². The summed E-state index contributed by atoms with van der Waals surface area (Å²) in [6.45, 7) is 0.360. The number of methoxy groups -OCH3 is 1. The Morgan fingerprint density at radius 1 is 1.53 bits per heavy atom. The fraction of sp³-hybridized carbons (Fsp3) is 0.364. The predicted octanol–water partition coefficient (Wildman–Crippen LogP) is 0.517. The van der Waals surface area contributed by atoms with Crippen LogP contribution >= 0.6 is 0 Å². The average molecular weight is 269 g/mol. The second-order valence-corrected chi connectivity index (χ2v) is 3.59. The number of amides is 1. The molecule has 0 heterocycles. The van der Waals surface area contributed by atoms with Crippen LogP contribution in [0.5, 0.6) is 5.75 Å². The van der Waals surface area contributed by atoms with E-state index in [2.05, 4.69) is 5.32 Å². The number of carbonyl (C=O) groups is 1. The summed E-state index contributed by atoms with van der Waals surface area (Å²) >= 11 is 0. The van der Waals surface area contributed by atoms with Gasteiger partial charge in [0.05, 0.1) is 24.7 Å². The number of nitrogens with one attached hydrogen (secondary N) is 1. The number of nitrogens with zero attached hydrogens (tertiary/aromatic N) is 1. The van der Waals surface area contributed by atoms with Gasteiger partial charge >= 0.3 is 0 Å². The molecule has 0 atom stereocenters. The summed E-state index contributed by atoms with van der Waals surface area (Å²) in [6.07, 6.45) is 0. The summed E-state index contributed by atoms with van der Waals surface area (Å²) in [5.41, 5.74) is 5.16. The standard InChI is InChI=1S/C11H15N3O5/c1-18-8-2-3-9(10(6-8)14(16)17)13-4-5-19-7-11(12)15/h2-3,6,13H,4-5,7H2,1H3,(H2,12,15). The number of nitro benzene ring substituents is 1. The van der Waals surface area contributed by atoms with E-state index in [1.165, 1.54) is 13.2 Å². The van der Waals surface area contributed by atoms with Gasteiger partial charge in [0.25, 0.3) is 5.69 Å². The van der Waals surface area contributed by atoms with E-state index in [0.717, 1.165) is 0 Å². The van der Waals surface area contributed by atoms with Gasteiger partial charge in [-0.15, -0.1) is 0 Å². The summed E-state index contributed by atoms with van der Waals surface area (Å²) in [7, 11) is 1.43. The molecule has 19 heavy (non-hydrogen) atoms. The van der Waals surface area contributed by atoms with E-state index in [1.807, 2.05) is 0 Å². The molecule has 1 aromatic rings. The van der Waals surface area contributed by atoms with Gasteiger partial charge in [-0.3, -0.25) is 14.9 Å². The number of rotatable bonds is 8. The lowest BCUT2D eigenvalue weighted by Gasteiger charge is -2.08. The zero-order valence-electron chi connectivity index (χ0n) is 10.4. The molecule has 0 aliphatic rings. The highest BCUT2D eigenvalue weighted by atomic mass is 16.6. The minimum Gasteiger partial charge on any atom is -0.496 e. The minimum atomic E-state index is -0.560. The van der Waals surface area contributed by atoms with E-state index in [0.29, 0.717) is 18.0 Å². The van der Waals surface area contributed by atoms with Crippen molar-refractivity contribution in [2.75, 3.05) is 32.2 Å². The smallest absolute Gasteiger partial charge is 0.296 e. The van der Waals surface area contributed by atoms with E-state index >= 15 is 0 Å². The third-order valence-electron chi connectivity index (χ3n) is 2.21. The van der Waals surface area contributed by atoms with E-state index in [4.69, 9.17) is 15.2 Å². The van der Waals surface area contributed by atoms with Crippen molar-refractivity contribution in [2.45, 2.75) is 0 Å². The highest BCUT2D eigenvalue weighted by molar-refractivity contribution is 5.75. The van der Waals surface area contributed by atoms with Crippen LogP contribution in [0.2, 0.25) is 0 Å². The number of ether oxygens (including phenoxy) is 2. The van der Waals surface area contributed by atoms with Gasteiger partial charge in [-0.1, -0.05) is 0 Å². The number of hydrogen-bond acceptors (Lipinski definition) is 6. The topological polar surface area (TPSA) is 117 Å². The number of nitrogens with two attached hydrogens (primary N) is 1. The van der Waals surface area contributed by atoms with E-state index in [1.54, 1.807) is 12.1 Å². The zero-order chi connectivity index (χ0) is 14.3. The van der Waals surface area contributed by atoms with Crippen LogP contribution in [0, 0.1) is 10.1 Å². The van der Waals surface area contributed by atoms with Crippen LogP contribution in [0.1, 0.15) is 0 Å². The number of carbonyl (C=O) groups excluding carboxylic acids is 1. The van der Waals surface area contributed by atoms with Crippen LogP contribution in [0.4, 0.5) is 11.4 Å². The van der Waals surface area contributed by atoms with Crippen LogP contribution < -0.4 is 15.8 Å². The van der Waals surface area contributed by atoms with Crippen LogP contribution in [-0.2, 0) is 9.53 Å². The zero-order valence-corrected chi connectivity index (χ0v) is 10.4. The largest absolute Gasteiger partial charge is 0.496 e. The molecule has 0 aromatic heterocycles. The van der Waals surface area contributed by atoms with Crippen LogP contribution in [0.25, 0.3) is 0 Å². The highest BCUT2D eigenvalue weighted by Crippen LogP contribution is 2.28. The van der Waals surface area contributed by atoms with Gasteiger partial charge in [0, 0.05) is 6.54 Å². The van der Waals surface area contributed by atoms with Crippen molar-refractivity contribution in [3.05, 3.63) is 28.3 Å². The van der Waals surface area contributed by atoms with Gasteiger partial charge in [-0.2, -0.15) is 0 Å². The second-order valence-electron chi connectivity index (χ2n) is 3.59. The fourth-order valence-corrected chi connectivity index (χ4v) is 1.37. The first-order valence-electron chi connectivity index (χ1n) is 5.47. The molecule has 0 radical (unpaired) electrons. The maximum atomic E-state index is 10.9. The third-order valence-corrected chi connectivity index (χ3v) is 2.21. The Bertz CT molecular complexity index is 464. The lowest BCUT2D eigenvalue weighted by Crippen LogP contribution is -2.20. The molecule has 0 spiro atoms. The Morgan fingerprint density at radius 3 is 2.84 bits per heavy atom. The summed E-state index contributed by atoms with van der Waals surface area (Å²) in [6, 6.07) is 4.48. The molecule has 1 rings (SSSR count). The normalized spacial score (nSPS) is 9.95. The first-order valence-corrected chi connectivity index (χ1v) is 5.47. The molecule has 0 fully saturated rings. The van der Waals surface area contributed by atoms with Crippen molar-refractivity contribution < 1.29 is 19.2 Å². The SMILES string of the molecule is COc1ccc(NCCOCC(N)=O)c([N+](=O)[O-])c1. The number of anilines is 1. The van der Waals surface area contributed by atoms with Gasteiger partial charge in [-0.05, 0) is 12.1 Å². The molecular formula is C11H15N3O5. The number of hydrogen-bond donors (Lipinski definition) is 2. The lowest BCUT2D eigenvalue weighted by molar-refractivity contribution is -0.384. The molecule has 0 aliphatic carbocycles. The summed E-state index contributed by atoms with van der Waals surface area (Å²) in [5, 5.41) is 13.7.